The Kier molecular flexibility index (Phi) is 9.83. The smallest absolute Gasteiger partial charge is 0.430 e. The number of piperazine rings is 1. The Labute approximate surface area is 230 Å². The number of primary amides is 1. The van der Waals surface area contributed by atoms with Crippen molar-refractivity contribution >= 4 is 29.4 Å². The zero-order valence-electron chi connectivity index (χ0n) is 21.9. The lowest BCUT2D eigenvalue weighted by molar-refractivity contribution is -0.571. The lowest BCUT2D eigenvalue weighted by atomic mass is 9.97. The topological polar surface area (TPSA) is 127 Å². The van der Waals surface area contributed by atoms with Gasteiger partial charge in [0.1, 0.15) is 23.3 Å². The van der Waals surface area contributed by atoms with Crippen molar-refractivity contribution in [2.75, 3.05) is 19.6 Å². The maximum absolute atomic E-state index is 14.6. The van der Waals surface area contributed by atoms with Crippen molar-refractivity contribution in [2.45, 2.75) is 33.0 Å². The fourth-order valence-corrected chi connectivity index (χ4v) is 4.01. The van der Waals surface area contributed by atoms with Gasteiger partial charge in [-0.1, -0.05) is 23.3 Å². The minimum absolute atomic E-state index is 0.00830. The Hall–Kier alpha value is -4.30. The summed E-state index contributed by atoms with van der Waals surface area (Å²) >= 11 is 0. The van der Waals surface area contributed by atoms with Crippen LogP contribution in [0.25, 0.3) is 0 Å². The Morgan fingerprint density at radius 2 is 1.59 bits per heavy atom. The standard InChI is InChI=1S/C25H24F2N4O3.C2HF3O2/c1-15-16(2)24(33)29-28-22(15)12-18-5-8-21(27)20(11-18)25(34)31-10-9-30(14-23(31)32)13-17-3-6-19(26)7-4-17;3-2(4,5)1(6)7/h3-8,11H,9-10,12-14H2,1-2H3,(H,29,33);(H,6,7). The summed E-state index contributed by atoms with van der Waals surface area (Å²) in [4.78, 5) is 49.2. The molecule has 9 nitrogen and oxygen atoms in total. The second-order valence-corrected chi connectivity index (χ2v) is 9.28. The van der Waals surface area contributed by atoms with Crippen molar-refractivity contribution in [3.05, 3.63) is 81.9 Å². The molecule has 14 heteroatoms. The van der Waals surface area contributed by atoms with Crippen LogP contribution in [0.5, 0.6) is 0 Å². The molecule has 1 fully saturated rings. The van der Waals surface area contributed by atoms with Crippen LogP contribution in [0.4, 0.5) is 22.0 Å². The number of carbonyl (C=O) groups excluding carboxylic acids is 4. The van der Waals surface area contributed by atoms with Crippen molar-refractivity contribution in [3.8, 4) is 0 Å². The number of allylic oxidation sites excluding steroid dienone is 1. The summed E-state index contributed by atoms with van der Waals surface area (Å²) in [6.45, 7) is 4.55. The summed E-state index contributed by atoms with van der Waals surface area (Å²) in [5, 5.41) is 13.0. The van der Waals surface area contributed by atoms with E-state index < -0.39 is 29.8 Å². The number of nitrogens with two attached hydrogens (primary N) is 1. The average Bonchev–Trinajstić information content (AvgIpc) is 2.91. The number of imide groups is 1. The van der Waals surface area contributed by atoms with E-state index in [9.17, 15) is 36.3 Å². The summed E-state index contributed by atoms with van der Waals surface area (Å²) in [5.41, 5.74) is 4.64. The van der Waals surface area contributed by atoms with Crippen molar-refractivity contribution in [3.63, 3.8) is 0 Å². The minimum atomic E-state index is -5.19. The second-order valence-electron chi connectivity index (χ2n) is 9.28. The third-order valence-corrected chi connectivity index (χ3v) is 6.43. The van der Waals surface area contributed by atoms with Crippen molar-refractivity contribution < 1.29 is 51.7 Å². The molecular formula is C27H25F5N4O5. The number of nitrogens with zero attached hydrogens (tertiary/aromatic N) is 3. The first-order valence-corrected chi connectivity index (χ1v) is 12.2. The number of alkyl halides is 3. The first-order valence-electron chi connectivity index (χ1n) is 12.2. The number of carboxylic acid groups (broad SMARTS) is 1. The third-order valence-electron chi connectivity index (χ3n) is 6.43. The predicted octanol–water partition coefficient (Wildman–Crippen LogP) is 1.09. The molecule has 3 amide bonds. The molecule has 4 rings (SSSR count). The van der Waals surface area contributed by atoms with E-state index in [-0.39, 0.29) is 30.4 Å². The fourth-order valence-electron chi connectivity index (χ4n) is 4.01. The van der Waals surface area contributed by atoms with Crippen LogP contribution in [0.2, 0.25) is 0 Å². The van der Waals surface area contributed by atoms with Gasteiger partial charge in [-0.3, -0.25) is 19.4 Å². The van der Waals surface area contributed by atoms with Crippen LogP contribution in [0.1, 0.15) is 35.3 Å². The zero-order chi connectivity index (χ0) is 30.5. The van der Waals surface area contributed by atoms with Gasteiger partial charge in [-0.15, -0.1) is 0 Å². The molecule has 0 saturated carbocycles. The molecule has 0 radical (unpaired) electrons. The van der Waals surface area contributed by atoms with Gasteiger partial charge in [0.2, 0.25) is 5.91 Å². The van der Waals surface area contributed by atoms with Crippen LogP contribution in [0.15, 0.2) is 58.7 Å². The number of hydrogen-bond donors (Lipinski definition) is 1. The number of quaternary nitrogens is 1. The fraction of sp³-hybridized carbons (Fsp3) is 0.296. The van der Waals surface area contributed by atoms with Gasteiger partial charge in [0.05, 0.1) is 17.7 Å². The molecule has 0 spiro atoms. The van der Waals surface area contributed by atoms with Gasteiger partial charge in [0.15, 0.2) is 0 Å². The number of carboxylic acids is 1. The highest BCUT2D eigenvalue weighted by molar-refractivity contribution is 6.08. The molecule has 2 aliphatic rings. The predicted molar refractivity (Wildman–Crippen MR) is 132 cm³/mol. The molecule has 2 N–H and O–H groups in total. The highest BCUT2D eigenvalue weighted by Crippen LogP contribution is 2.19. The summed E-state index contributed by atoms with van der Waals surface area (Å²) in [7, 11) is 0. The molecule has 0 unspecified atom stereocenters. The number of amides is 3. The summed E-state index contributed by atoms with van der Waals surface area (Å²) in [6, 6.07) is 10.2. The van der Waals surface area contributed by atoms with E-state index >= 15 is 0 Å². The Morgan fingerprint density at radius 1 is 0.976 bits per heavy atom. The van der Waals surface area contributed by atoms with Crippen molar-refractivity contribution in [1.29, 1.82) is 0 Å². The van der Waals surface area contributed by atoms with E-state index in [0.717, 1.165) is 16.0 Å². The monoisotopic (exact) mass is 580 g/mol. The number of rotatable bonds is 5. The minimum Gasteiger partial charge on any atom is -0.542 e. The number of carbonyl (C=O) groups is 4. The van der Waals surface area contributed by atoms with Gasteiger partial charge < -0.3 is 9.90 Å². The molecule has 1 saturated heterocycles. The zero-order valence-corrected chi connectivity index (χ0v) is 21.9. The molecule has 2 aromatic carbocycles. The molecule has 0 atom stereocenters. The normalized spacial score (nSPS) is 16.3. The van der Waals surface area contributed by atoms with Gasteiger partial charge >= 0.3 is 12.1 Å². The van der Waals surface area contributed by atoms with Crippen molar-refractivity contribution in [2.24, 2.45) is 5.10 Å². The van der Waals surface area contributed by atoms with Gasteiger partial charge in [-0.05, 0) is 54.8 Å². The van der Waals surface area contributed by atoms with Crippen LogP contribution in [0, 0.1) is 11.6 Å². The lowest BCUT2D eigenvalue weighted by Gasteiger charge is -2.33. The Bertz CT molecular complexity index is 1420. The summed E-state index contributed by atoms with van der Waals surface area (Å²) < 4.78 is 59.2. The molecule has 0 aromatic heterocycles. The van der Waals surface area contributed by atoms with E-state index in [1.807, 2.05) is 4.90 Å². The van der Waals surface area contributed by atoms with Crippen LogP contribution >= 0.6 is 0 Å². The van der Waals surface area contributed by atoms with Gasteiger partial charge in [-0.2, -0.15) is 18.6 Å². The van der Waals surface area contributed by atoms with E-state index in [1.54, 1.807) is 32.0 Å². The average molecular weight is 581 g/mol. The number of aliphatic carboxylic acids is 1. The third kappa shape index (κ3) is 8.11. The largest absolute Gasteiger partial charge is 0.542 e. The molecule has 2 heterocycles. The van der Waals surface area contributed by atoms with E-state index in [2.05, 4.69) is 5.10 Å². The molecule has 2 aromatic rings. The molecular weight excluding hydrogens is 555 g/mol. The number of hydrogen-bond acceptors (Lipinski definition) is 7. The highest BCUT2D eigenvalue weighted by Gasteiger charge is 2.31. The lowest BCUT2D eigenvalue weighted by Crippen LogP contribution is -2.84. The number of halogens is 5. The summed E-state index contributed by atoms with van der Waals surface area (Å²) in [5.74, 6) is -5.28. The van der Waals surface area contributed by atoms with Crippen LogP contribution < -0.4 is 10.5 Å². The van der Waals surface area contributed by atoms with Crippen LogP contribution in [0.3, 0.4) is 0 Å². The quantitative estimate of drug-likeness (QED) is 0.321. The SMILES string of the molecule is CC1=C(C)C(Cc2ccc(F)c(C(=O)N3CCN(Cc4ccc(F)cc4)CC3=O)c2)=N[NH2+]C1=O.O=C([O-])C(F)(F)F. The van der Waals surface area contributed by atoms with Crippen LogP contribution in [-0.4, -0.2) is 65.0 Å². The Morgan fingerprint density at radius 3 is 2.17 bits per heavy atom. The van der Waals surface area contributed by atoms with E-state index in [4.69, 9.17) is 9.90 Å². The molecule has 41 heavy (non-hydrogen) atoms. The van der Waals surface area contributed by atoms with Gasteiger partial charge in [0.25, 0.3) is 5.91 Å². The molecule has 0 aliphatic carbocycles. The highest BCUT2D eigenvalue weighted by atomic mass is 19.4. The maximum Gasteiger partial charge on any atom is 0.430 e. The maximum atomic E-state index is 14.6. The summed E-state index contributed by atoms with van der Waals surface area (Å²) in [6.07, 6.45) is -4.87. The van der Waals surface area contributed by atoms with Crippen LogP contribution in [-0.2, 0) is 27.3 Å². The van der Waals surface area contributed by atoms with E-state index in [1.165, 1.54) is 29.7 Å². The Balaban J connectivity index is 0.000000587. The van der Waals surface area contributed by atoms with Gasteiger partial charge in [0, 0.05) is 26.1 Å². The van der Waals surface area contributed by atoms with Gasteiger partial charge in [-0.25, -0.2) is 13.6 Å². The number of benzene rings is 2. The first kappa shape index (κ1) is 31.2. The molecule has 0 bridgehead atoms. The van der Waals surface area contributed by atoms with E-state index in [0.29, 0.717) is 36.4 Å². The molecule has 218 valence electrons. The van der Waals surface area contributed by atoms with Crippen molar-refractivity contribution in [1.82, 2.24) is 9.80 Å². The second kappa shape index (κ2) is 12.9. The first-order chi connectivity index (χ1) is 19.2. The molecule has 2 aliphatic heterocycles.